The number of hydrogen-bond donors (Lipinski definition) is 3. The third kappa shape index (κ3) is 5.61. The van der Waals surface area contributed by atoms with Crippen molar-refractivity contribution in [3.8, 4) is 0 Å². The molecule has 0 aromatic heterocycles. The van der Waals surface area contributed by atoms with Crippen molar-refractivity contribution in [1.29, 1.82) is 0 Å². The molecule has 3 N–H and O–H groups in total. The Morgan fingerprint density at radius 3 is 2.24 bits per heavy atom. The number of hydrogen-bond acceptors (Lipinski definition) is 6. The van der Waals surface area contributed by atoms with E-state index in [1.54, 1.807) is 13.8 Å². The lowest BCUT2D eigenvalue weighted by Gasteiger charge is -2.17. The first-order chi connectivity index (χ1) is 8.03. The van der Waals surface area contributed by atoms with Gasteiger partial charge in [0.25, 0.3) is 0 Å². The quantitative estimate of drug-likeness (QED) is 0.440. The number of aliphatic hydroxyl groups excluding tert-OH is 3. The molecule has 0 amide bonds. The van der Waals surface area contributed by atoms with Gasteiger partial charge in [-0.15, -0.1) is 5.73 Å². The van der Waals surface area contributed by atoms with Gasteiger partial charge in [-0.3, -0.25) is 4.57 Å². The fourth-order valence-corrected chi connectivity index (χ4v) is 2.46. The third-order valence-corrected chi connectivity index (χ3v) is 3.84. The fraction of sp³-hybridized carbons (Fsp3) is 0.700. The van der Waals surface area contributed by atoms with Crippen LogP contribution in [0.1, 0.15) is 13.8 Å². The van der Waals surface area contributed by atoms with Crippen LogP contribution in [0.5, 0.6) is 0 Å². The van der Waals surface area contributed by atoms with E-state index in [4.69, 9.17) is 24.4 Å². The molecular formula is C10H19O6P. The van der Waals surface area contributed by atoms with Gasteiger partial charge in [-0.25, -0.2) is 0 Å². The number of aliphatic hydroxyl groups is 3. The minimum atomic E-state index is -3.56. The minimum Gasteiger partial charge on any atom is -0.393 e. The van der Waals surface area contributed by atoms with Crippen LogP contribution < -0.4 is 0 Å². The van der Waals surface area contributed by atoms with Crippen LogP contribution in [-0.4, -0.2) is 47.9 Å². The van der Waals surface area contributed by atoms with Crippen LogP contribution in [-0.2, 0) is 13.6 Å². The molecule has 0 spiro atoms. The first-order valence-corrected chi connectivity index (χ1v) is 6.83. The molecule has 0 saturated carbocycles. The normalized spacial score (nSPS) is 13.0. The van der Waals surface area contributed by atoms with Crippen LogP contribution >= 0.6 is 7.60 Å². The summed E-state index contributed by atoms with van der Waals surface area (Å²) < 4.78 is 22.2. The Hall–Kier alpha value is -0.450. The van der Waals surface area contributed by atoms with Gasteiger partial charge in [-0.05, 0) is 19.9 Å². The van der Waals surface area contributed by atoms with Crippen molar-refractivity contribution in [2.45, 2.75) is 20.0 Å². The predicted molar refractivity (Wildman–Crippen MR) is 62.6 cm³/mol. The molecule has 0 radical (unpaired) electrons. The molecule has 0 aromatic rings. The van der Waals surface area contributed by atoms with Gasteiger partial charge in [0.15, 0.2) is 0 Å². The Labute approximate surface area is 101 Å². The first-order valence-electron chi connectivity index (χ1n) is 5.29. The Kier molecular flexibility index (Phi) is 8.39. The largest absolute Gasteiger partial charge is 0.393 e. The highest BCUT2D eigenvalue weighted by molar-refractivity contribution is 7.58. The zero-order valence-corrected chi connectivity index (χ0v) is 10.9. The zero-order chi connectivity index (χ0) is 13.3. The summed E-state index contributed by atoms with van der Waals surface area (Å²) in [7, 11) is -3.56. The average Bonchev–Trinajstić information content (AvgIpc) is 2.29. The lowest BCUT2D eigenvalue weighted by molar-refractivity contribution is 0.131. The summed E-state index contributed by atoms with van der Waals surface area (Å²) in [4.78, 5) is 0. The summed E-state index contributed by atoms with van der Waals surface area (Å²) in [6.45, 7) is 2.56. The monoisotopic (exact) mass is 266 g/mol. The summed E-state index contributed by atoms with van der Waals surface area (Å²) in [6.07, 6.45) is -0.0378. The van der Waals surface area contributed by atoms with E-state index in [9.17, 15) is 4.57 Å². The minimum absolute atomic E-state index is 0.0753. The maximum atomic E-state index is 12.2. The molecule has 0 heterocycles. The SMILES string of the molecule is CCOP(=O)(OCC)C(=C=C[C@@H](O)CO)CO. The van der Waals surface area contributed by atoms with Crippen molar-refractivity contribution in [2.24, 2.45) is 0 Å². The Morgan fingerprint density at radius 2 is 1.88 bits per heavy atom. The number of rotatable bonds is 8. The summed E-state index contributed by atoms with van der Waals surface area (Å²) >= 11 is 0. The third-order valence-electron chi connectivity index (χ3n) is 1.71. The zero-order valence-electron chi connectivity index (χ0n) is 10.00. The molecule has 0 bridgehead atoms. The van der Waals surface area contributed by atoms with Gasteiger partial charge in [0.1, 0.15) is 11.4 Å². The molecule has 0 aliphatic rings. The van der Waals surface area contributed by atoms with Crippen LogP contribution in [0.25, 0.3) is 0 Å². The first kappa shape index (κ1) is 16.6. The van der Waals surface area contributed by atoms with Gasteiger partial charge in [-0.2, -0.15) is 0 Å². The predicted octanol–water partition coefficient (Wildman–Crippen LogP) is 0.637. The summed E-state index contributed by atoms with van der Waals surface area (Å²) in [5.41, 5.74) is 2.45. The summed E-state index contributed by atoms with van der Waals surface area (Å²) in [6, 6.07) is 0. The second-order valence-electron chi connectivity index (χ2n) is 3.00. The molecule has 1 atom stereocenters. The highest BCUT2D eigenvalue weighted by atomic mass is 31.2. The Bertz CT molecular complexity index is 311. The van der Waals surface area contributed by atoms with E-state index in [2.05, 4.69) is 5.73 Å². The van der Waals surface area contributed by atoms with Crippen molar-refractivity contribution in [3.63, 3.8) is 0 Å². The van der Waals surface area contributed by atoms with Crippen molar-refractivity contribution in [3.05, 3.63) is 17.1 Å². The van der Waals surface area contributed by atoms with Gasteiger partial charge < -0.3 is 24.4 Å². The van der Waals surface area contributed by atoms with E-state index >= 15 is 0 Å². The second-order valence-corrected chi connectivity index (χ2v) is 5.05. The molecular weight excluding hydrogens is 247 g/mol. The van der Waals surface area contributed by atoms with Crippen LogP contribution in [0, 0.1) is 0 Å². The molecule has 7 heteroatoms. The highest BCUT2D eigenvalue weighted by Crippen LogP contribution is 2.55. The van der Waals surface area contributed by atoms with Crippen molar-refractivity contribution >= 4 is 7.60 Å². The molecule has 0 saturated heterocycles. The van der Waals surface area contributed by atoms with Crippen LogP contribution in [0.3, 0.4) is 0 Å². The van der Waals surface area contributed by atoms with Crippen LogP contribution in [0.2, 0.25) is 0 Å². The van der Waals surface area contributed by atoms with Crippen molar-refractivity contribution in [1.82, 2.24) is 0 Å². The Balaban J connectivity index is 5.16. The fourth-order valence-electron chi connectivity index (χ4n) is 0.989. The van der Waals surface area contributed by atoms with Crippen molar-refractivity contribution in [2.75, 3.05) is 26.4 Å². The molecule has 0 rings (SSSR count). The molecule has 0 aromatic carbocycles. The lowest BCUT2D eigenvalue weighted by Crippen LogP contribution is -2.07. The van der Waals surface area contributed by atoms with E-state index in [1.807, 2.05) is 0 Å². The van der Waals surface area contributed by atoms with Crippen LogP contribution in [0.15, 0.2) is 17.1 Å². The Morgan fingerprint density at radius 1 is 1.35 bits per heavy atom. The van der Waals surface area contributed by atoms with Gasteiger partial charge in [0.05, 0.1) is 26.4 Å². The topological polar surface area (TPSA) is 96.2 Å². The van der Waals surface area contributed by atoms with E-state index in [0.29, 0.717) is 0 Å². The van der Waals surface area contributed by atoms with E-state index in [-0.39, 0.29) is 18.5 Å². The van der Waals surface area contributed by atoms with Gasteiger partial charge in [0.2, 0.25) is 0 Å². The molecule has 100 valence electrons. The maximum Gasteiger partial charge on any atom is 0.367 e. The second kappa shape index (κ2) is 8.61. The lowest BCUT2D eigenvalue weighted by atomic mass is 10.3. The molecule has 0 aliphatic carbocycles. The summed E-state index contributed by atoms with van der Waals surface area (Å²) in [5.74, 6) is 0. The average molecular weight is 266 g/mol. The molecule has 6 nitrogen and oxygen atoms in total. The smallest absolute Gasteiger partial charge is 0.367 e. The van der Waals surface area contributed by atoms with E-state index in [0.717, 1.165) is 6.08 Å². The molecule has 0 aliphatic heterocycles. The van der Waals surface area contributed by atoms with Gasteiger partial charge in [0, 0.05) is 0 Å². The maximum absolute atomic E-state index is 12.2. The van der Waals surface area contributed by atoms with Gasteiger partial charge in [-0.1, -0.05) is 0 Å². The standard InChI is InChI=1S/C10H19O6P/c1-3-15-17(14,16-4-2)10(8-12)6-5-9(13)7-11/h5,9,11-13H,3-4,7-8H2,1-2H3/t6?,9-/m1/s1. The molecule has 0 fully saturated rings. The van der Waals surface area contributed by atoms with E-state index in [1.165, 1.54) is 0 Å². The highest BCUT2D eigenvalue weighted by Gasteiger charge is 2.28. The van der Waals surface area contributed by atoms with E-state index < -0.39 is 26.9 Å². The van der Waals surface area contributed by atoms with Crippen LogP contribution in [0.4, 0.5) is 0 Å². The molecule has 17 heavy (non-hydrogen) atoms. The van der Waals surface area contributed by atoms with Gasteiger partial charge >= 0.3 is 7.60 Å². The van der Waals surface area contributed by atoms with Crippen molar-refractivity contribution < 1.29 is 28.9 Å². The summed E-state index contributed by atoms with van der Waals surface area (Å²) in [5, 5.41) is 26.7. The molecule has 0 unspecified atom stereocenters.